The largest absolute Gasteiger partial charge is 0.468 e. The zero-order valence-electron chi connectivity index (χ0n) is 14.6. The van der Waals surface area contributed by atoms with Crippen LogP contribution in [0.25, 0.3) is 10.8 Å². The molecule has 27 heavy (non-hydrogen) atoms. The first-order valence-electron chi connectivity index (χ1n) is 8.34. The minimum Gasteiger partial charge on any atom is -0.468 e. The van der Waals surface area contributed by atoms with Crippen molar-refractivity contribution in [3.05, 3.63) is 88.0 Å². The molecule has 0 heterocycles. The second-order valence-corrected chi connectivity index (χ2v) is 6.13. The number of methoxy groups -OCH3 is 1. The number of fused-ring (bicyclic) bond motifs is 1. The molecular weight excluding hydrogens is 346 g/mol. The van der Waals surface area contributed by atoms with Crippen LogP contribution in [0.3, 0.4) is 0 Å². The van der Waals surface area contributed by atoms with E-state index >= 15 is 0 Å². The maximum atomic E-state index is 12.8. The molecule has 0 bridgehead atoms. The third-order valence-electron chi connectivity index (χ3n) is 4.42. The highest BCUT2D eigenvalue weighted by Crippen LogP contribution is 2.22. The van der Waals surface area contributed by atoms with E-state index in [1.165, 1.54) is 31.4 Å². The lowest BCUT2D eigenvalue weighted by molar-refractivity contribution is -0.384. The minimum absolute atomic E-state index is 0.115. The van der Waals surface area contributed by atoms with Gasteiger partial charge in [0, 0.05) is 17.7 Å². The molecule has 0 fully saturated rings. The molecule has 3 aromatic rings. The molecule has 3 aromatic carbocycles. The maximum absolute atomic E-state index is 12.8. The second kappa shape index (κ2) is 7.78. The number of carbonyl (C=O) groups excluding carboxylic acids is 2. The number of ketones is 1. The summed E-state index contributed by atoms with van der Waals surface area (Å²) < 4.78 is 4.81. The van der Waals surface area contributed by atoms with Crippen LogP contribution in [0.15, 0.2) is 66.7 Å². The third kappa shape index (κ3) is 4.00. The monoisotopic (exact) mass is 363 g/mol. The number of Topliss-reactive ketones (excluding diaryl/α,β-unsaturated/α-hetero) is 1. The van der Waals surface area contributed by atoms with Gasteiger partial charge in [-0.15, -0.1) is 0 Å². The lowest BCUT2D eigenvalue weighted by atomic mass is 9.90. The van der Waals surface area contributed by atoms with Gasteiger partial charge in [-0.05, 0) is 34.9 Å². The Morgan fingerprint density at radius 2 is 1.67 bits per heavy atom. The zero-order valence-corrected chi connectivity index (χ0v) is 14.6. The molecule has 0 aliphatic heterocycles. The van der Waals surface area contributed by atoms with E-state index in [0.717, 1.165) is 16.3 Å². The number of esters is 1. The lowest BCUT2D eigenvalue weighted by Gasteiger charge is -2.14. The number of hydrogen-bond donors (Lipinski definition) is 0. The summed E-state index contributed by atoms with van der Waals surface area (Å²) in [7, 11) is 1.23. The first-order chi connectivity index (χ1) is 13.0. The average molecular weight is 363 g/mol. The number of hydrogen-bond acceptors (Lipinski definition) is 5. The molecule has 6 heteroatoms. The lowest BCUT2D eigenvalue weighted by Crippen LogP contribution is -2.27. The van der Waals surface area contributed by atoms with Crippen LogP contribution in [0.1, 0.15) is 15.9 Å². The number of rotatable bonds is 6. The third-order valence-corrected chi connectivity index (χ3v) is 4.42. The second-order valence-electron chi connectivity index (χ2n) is 6.13. The fraction of sp³-hybridized carbons (Fsp3) is 0.143. The molecule has 3 rings (SSSR count). The predicted octanol–water partition coefficient (Wildman–Crippen LogP) is 3.96. The van der Waals surface area contributed by atoms with E-state index in [1.807, 2.05) is 42.5 Å². The Labute approximate surface area is 155 Å². The Hall–Kier alpha value is -3.54. The Balaban J connectivity index is 1.89. The van der Waals surface area contributed by atoms with Gasteiger partial charge in [0.2, 0.25) is 0 Å². The molecule has 0 aliphatic rings. The molecular formula is C21H17NO5. The van der Waals surface area contributed by atoms with E-state index < -0.39 is 22.6 Å². The topological polar surface area (TPSA) is 86.5 Å². The average Bonchev–Trinajstić information content (AvgIpc) is 2.71. The summed E-state index contributed by atoms with van der Waals surface area (Å²) >= 11 is 0. The molecule has 0 aliphatic carbocycles. The van der Waals surface area contributed by atoms with Gasteiger partial charge in [-0.3, -0.25) is 19.7 Å². The molecule has 0 radical (unpaired) electrons. The van der Waals surface area contributed by atoms with Crippen molar-refractivity contribution >= 4 is 28.2 Å². The SMILES string of the molecule is COC(=O)C(Cc1ccc2ccccc2c1)C(=O)c1ccc([N+](=O)[O-])cc1. The van der Waals surface area contributed by atoms with Crippen molar-refractivity contribution in [2.24, 2.45) is 5.92 Å². The molecule has 0 aromatic heterocycles. The highest BCUT2D eigenvalue weighted by Gasteiger charge is 2.29. The fourth-order valence-corrected chi connectivity index (χ4v) is 2.98. The molecule has 0 amide bonds. The van der Waals surface area contributed by atoms with Gasteiger partial charge in [0.15, 0.2) is 5.78 Å². The quantitative estimate of drug-likeness (QED) is 0.217. The Bertz CT molecular complexity index is 1010. The molecule has 0 spiro atoms. The van der Waals surface area contributed by atoms with Crippen molar-refractivity contribution in [3.8, 4) is 0 Å². The summed E-state index contributed by atoms with van der Waals surface area (Å²) in [5, 5.41) is 12.8. The summed E-state index contributed by atoms with van der Waals surface area (Å²) in [5.41, 5.74) is 0.951. The van der Waals surface area contributed by atoms with Gasteiger partial charge in [0.05, 0.1) is 12.0 Å². The van der Waals surface area contributed by atoms with Crippen LogP contribution in [-0.4, -0.2) is 23.8 Å². The Kier molecular flexibility index (Phi) is 5.26. The highest BCUT2D eigenvalue weighted by molar-refractivity contribution is 6.09. The van der Waals surface area contributed by atoms with Crippen LogP contribution in [0.2, 0.25) is 0 Å². The summed E-state index contributed by atoms with van der Waals surface area (Å²) in [6.07, 6.45) is 0.188. The molecule has 0 saturated carbocycles. The molecule has 6 nitrogen and oxygen atoms in total. The van der Waals surface area contributed by atoms with E-state index in [4.69, 9.17) is 4.74 Å². The Morgan fingerprint density at radius 3 is 2.30 bits per heavy atom. The van der Waals surface area contributed by atoms with Crippen molar-refractivity contribution in [2.75, 3.05) is 7.11 Å². The Morgan fingerprint density at radius 1 is 1.00 bits per heavy atom. The van der Waals surface area contributed by atoms with E-state index in [-0.39, 0.29) is 17.7 Å². The van der Waals surface area contributed by atoms with Gasteiger partial charge < -0.3 is 4.74 Å². The van der Waals surface area contributed by atoms with Gasteiger partial charge in [0.25, 0.3) is 5.69 Å². The van der Waals surface area contributed by atoms with E-state index in [0.29, 0.717) is 0 Å². The van der Waals surface area contributed by atoms with Gasteiger partial charge in [-0.2, -0.15) is 0 Å². The van der Waals surface area contributed by atoms with Crippen molar-refractivity contribution in [2.45, 2.75) is 6.42 Å². The van der Waals surface area contributed by atoms with Crippen molar-refractivity contribution in [1.82, 2.24) is 0 Å². The number of nitrogens with zero attached hydrogens (tertiary/aromatic N) is 1. The molecule has 136 valence electrons. The number of nitro groups is 1. The van der Waals surface area contributed by atoms with Crippen molar-refractivity contribution in [3.63, 3.8) is 0 Å². The van der Waals surface area contributed by atoms with Crippen LogP contribution < -0.4 is 0 Å². The normalized spacial score (nSPS) is 11.7. The van der Waals surface area contributed by atoms with E-state index in [1.54, 1.807) is 0 Å². The smallest absolute Gasteiger partial charge is 0.316 e. The molecule has 0 N–H and O–H groups in total. The molecule has 1 atom stereocenters. The van der Waals surface area contributed by atoms with E-state index in [9.17, 15) is 19.7 Å². The van der Waals surface area contributed by atoms with E-state index in [2.05, 4.69) is 0 Å². The number of ether oxygens (including phenoxy) is 1. The van der Waals surface area contributed by atoms with Gasteiger partial charge in [0.1, 0.15) is 5.92 Å². The summed E-state index contributed by atoms with van der Waals surface area (Å²) in [6.45, 7) is 0. The number of benzene rings is 3. The maximum Gasteiger partial charge on any atom is 0.316 e. The highest BCUT2D eigenvalue weighted by atomic mass is 16.6. The van der Waals surface area contributed by atoms with Crippen LogP contribution in [0.4, 0.5) is 5.69 Å². The fourth-order valence-electron chi connectivity index (χ4n) is 2.98. The first kappa shape index (κ1) is 18.3. The van der Waals surface area contributed by atoms with Crippen molar-refractivity contribution < 1.29 is 19.2 Å². The minimum atomic E-state index is -1.02. The number of carbonyl (C=O) groups is 2. The van der Waals surface area contributed by atoms with Gasteiger partial charge in [-0.1, -0.05) is 42.5 Å². The van der Waals surface area contributed by atoms with Crippen LogP contribution in [0.5, 0.6) is 0 Å². The summed E-state index contributed by atoms with van der Waals surface area (Å²) in [4.78, 5) is 35.3. The standard InChI is InChI=1S/C21H17NO5/c1-27-21(24)19(20(23)16-8-10-18(11-9-16)22(25)26)13-14-6-7-15-4-2-3-5-17(15)12-14/h2-12,19H,13H2,1H3. The summed E-state index contributed by atoms with van der Waals surface area (Å²) in [6, 6.07) is 18.8. The summed E-state index contributed by atoms with van der Waals surface area (Å²) in [5.74, 6) is -2.07. The van der Waals surface area contributed by atoms with Crippen LogP contribution in [-0.2, 0) is 16.0 Å². The van der Waals surface area contributed by atoms with Crippen LogP contribution >= 0.6 is 0 Å². The predicted molar refractivity (Wildman–Crippen MR) is 101 cm³/mol. The van der Waals surface area contributed by atoms with Crippen LogP contribution in [0, 0.1) is 16.0 Å². The van der Waals surface area contributed by atoms with Gasteiger partial charge in [-0.25, -0.2) is 0 Å². The molecule has 0 saturated heterocycles. The van der Waals surface area contributed by atoms with Crippen molar-refractivity contribution in [1.29, 1.82) is 0 Å². The number of nitro benzene ring substituents is 1. The first-order valence-corrected chi connectivity index (χ1v) is 8.34. The zero-order chi connectivity index (χ0) is 19.4. The number of non-ortho nitro benzene ring substituents is 1. The molecule has 1 unspecified atom stereocenters. The van der Waals surface area contributed by atoms with Gasteiger partial charge >= 0.3 is 5.97 Å².